The molecule has 0 spiro atoms. The zero-order chi connectivity index (χ0) is 38.8. The lowest BCUT2D eigenvalue weighted by Gasteiger charge is -2.36. The maximum atomic E-state index is 13.2. The van der Waals surface area contributed by atoms with Crippen LogP contribution in [-0.4, -0.2) is 99.7 Å². The Kier molecular flexibility index (Phi) is 11.5. The fraction of sp³-hybridized carbons (Fsp3) is 0.561. The number of pyridine rings is 1. The Morgan fingerprint density at radius 1 is 0.815 bits per heavy atom. The van der Waals surface area contributed by atoms with E-state index in [2.05, 4.69) is 76.4 Å². The summed E-state index contributed by atoms with van der Waals surface area (Å²) in [6.45, 7) is 20.9. The first-order chi connectivity index (χ1) is 25.4. The first-order valence-corrected chi connectivity index (χ1v) is 23.1. The van der Waals surface area contributed by atoms with Crippen molar-refractivity contribution in [1.29, 1.82) is 0 Å². The number of ether oxygens (including phenoxy) is 3. The van der Waals surface area contributed by atoms with Crippen LogP contribution in [0.25, 0.3) is 28.1 Å². The molecular formula is C41H59N7O5Si. The summed E-state index contributed by atoms with van der Waals surface area (Å²) in [6.07, 6.45) is 8.62. The number of hydrogen-bond donors (Lipinski definition) is 2. The Morgan fingerprint density at radius 3 is 2.09 bits per heavy atom. The Labute approximate surface area is 321 Å². The highest BCUT2D eigenvalue weighted by Gasteiger charge is 2.42. The monoisotopic (exact) mass is 757 g/mol. The van der Waals surface area contributed by atoms with Crippen LogP contribution in [0.4, 0.5) is 9.59 Å². The third kappa shape index (κ3) is 9.84. The van der Waals surface area contributed by atoms with E-state index < -0.39 is 19.3 Å². The maximum absolute atomic E-state index is 13.2. The first-order valence-electron chi connectivity index (χ1n) is 19.4. The third-order valence-corrected chi connectivity index (χ3v) is 11.5. The molecule has 3 aromatic rings. The normalized spacial score (nSPS) is 20.6. The highest BCUT2D eigenvalue weighted by atomic mass is 28.3. The fourth-order valence-electron chi connectivity index (χ4n) is 7.13. The Bertz CT molecular complexity index is 1790. The number of carbonyl (C=O) groups excluding carboxylic acids is 2. The minimum absolute atomic E-state index is 0.0694. The minimum Gasteiger partial charge on any atom is -0.444 e. The SMILES string of the molecule is CC(C)(C)OC(=O)N1CCC[C@H]1c1ncc(-c2ccc(-c3ccc(C4=CN(COCC[Si](C)(C)C)C([C@@H]5CCCN5C(=O)OC(C)(C)C)N4)nc3)cc2)[nH]1. The highest BCUT2D eigenvalue weighted by Crippen LogP contribution is 2.34. The van der Waals surface area contributed by atoms with Gasteiger partial charge in [0.05, 0.1) is 35.4 Å². The highest BCUT2D eigenvalue weighted by molar-refractivity contribution is 6.76. The molecule has 2 amide bonds. The van der Waals surface area contributed by atoms with Gasteiger partial charge in [0.1, 0.15) is 29.9 Å². The topological polar surface area (TPSA) is 125 Å². The van der Waals surface area contributed by atoms with E-state index in [1.54, 1.807) is 4.90 Å². The number of likely N-dealkylation sites (tertiary alicyclic amines) is 2. The summed E-state index contributed by atoms with van der Waals surface area (Å²) in [7, 11) is -1.24. The summed E-state index contributed by atoms with van der Waals surface area (Å²) < 4.78 is 17.7. The molecule has 0 bridgehead atoms. The van der Waals surface area contributed by atoms with Crippen LogP contribution in [0, 0.1) is 0 Å². The molecule has 2 aromatic heterocycles. The number of nitrogens with zero attached hydrogens (tertiary/aromatic N) is 5. The number of hydrogen-bond acceptors (Lipinski definition) is 9. The molecule has 6 rings (SSSR count). The predicted octanol–water partition coefficient (Wildman–Crippen LogP) is 8.45. The molecular weight excluding hydrogens is 699 g/mol. The summed E-state index contributed by atoms with van der Waals surface area (Å²) in [6, 6.07) is 13.3. The van der Waals surface area contributed by atoms with Crippen molar-refractivity contribution in [2.24, 2.45) is 0 Å². The van der Waals surface area contributed by atoms with Crippen molar-refractivity contribution >= 4 is 26.0 Å². The molecule has 0 radical (unpaired) electrons. The molecule has 292 valence electrons. The van der Waals surface area contributed by atoms with Gasteiger partial charge in [0.15, 0.2) is 0 Å². The minimum atomic E-state index is -1.24. The smallest absolute Gasteiger partial charge is 0.410 e. The van der Waals surface area contributed by atoms with E-state index in [9.17, 15) is 9.59 Å². The van der Waals surface area contributed by atoms with E-state index in [-0.39, 0.29) is 30.4 Å². The lowest BCUT2D eigenvalue weighted by Crippen LogP contribution is -2.54. The second-order valence-corrected chi connectivity index (χ2v) is 23.5. The zero-order valence-corrected chi connectivity index (χ0v) is 34.6. The van der Waals surface area contributed by atoms with E-state index in [0.717, 1.165) is 71.3 Å². The Balaban J connectivity index is 1.13. The van der Waals surface area contributed by atoms with Gasteiger partial charge >= 0.3 is 12.2 Å². The van der Waals surface area contributed by atoms with Crippen LogP contribution >= 0.6 is 0 Å². The Morgan fingerprint density at radius 2 is 1.44 bits per heavy atom. The van der Waals surface area contributed by atoms with Crippen LogP contribution in [0.15, 0.2) is 55.0 Å². The zero-order valence-electron chi connectivity index (χ0n) is 33.6. The molecule has 3 atom stereocenters. The number of nitrogens with one attached hydrogen (secondary N) is 2. The molecule has 0 aliphatic carbocycles. The molecule has 54 heavy (non-hydrogen) atoms. The molecule has 13 heteroatoms. The third-order valence-electron chi connectivity index (χ3n) is 9.84. The number of amides is 2. The van der Waals surface area contributed by atoms with Crippen molar-refractivity contribution < 1.29 is 23.8 Å². The van der Waals surface area contributed by atoms with Crippen LogP contribution in [-0.2, 0) is 14.2 Å². The van der Waals surface area contributed by atoms with E-state index >= 15 is 0 Å². The number of benzene rings is 1. The standard InChI is InChI=1S/C41H59N7O5Si/c1-40(2,3)52-38(49)47-20-10-12-34(47)36-43-25-32(44-36)29-16-14-28(15-17-29)30-18-19-31(42-24-30)33-26-46(27-51-22-23-54(7,8)9)37(45-33)35-13-11-21-48(35)39(50)53-41(4,5)6/h14-19,24-26,34-35,37,45H,10-13,20-23,27H2,1-9H3,(H,43,44)/t34-,35-,37?/m0/s1. The van der Waals surface area contributed by atoms with Crippen molar-refractivity contribution in [2.75, 3.05) is 26.4 Å². The number of imidazole rings is 1. The van der Waals surface area contributed by atoms with Gasteiger partial charge in [-0.1, -0.05) is 50.0 Å². The molecule has 12 nitrogen and oxygen atoms in total. The van der Waals surface area contributed by atoms with Gasteiger partial charge < -0.3 is 34.3 Å². The lowest BCUT2D eigenvalue weighted by molar-refractivity contribution is -0.00176. The molecule has 3 aliphatic heterocycles. The van der Waals surface area contributed by atoms with Crippen LogP contribution in [0.1, 0.15) is 84.8 Å². The predicted molar refractivity (Wildman–Crippen MR) is 214 cm³/mol. The molecule has 2 N–H and O–H groups in total. The van der Waals surface area contributed by atoms with Crippen molar-refractivity contribution in [1.82, 2.24) is 35.0 Å². The number of aromatic amines is 1. The molecule has 5 heterocycles. The van der Waals surface area contributed by atoms with Crippen molar-refractivity contribution in [3.05, 3.63) is 66.5 Å². The summed E-state index contributed by atoms with van der Waals surface area (Å²) in [5, 5.41) is 3.70. The Hall–Kier alpha value is -4.36. The van der Waals surface area contributed by atoms with Crippen molar-refractivity contribution in [2.45, 2.75) is 122 Å². The summed E-state index contributed by atoms with van der Waals surface area (Å²) >= 11 is 0. The van der Waals surface area contributed by atoms with Crippen LogP contribution in [0.2, 0.25) is 25.7 Å². The molecule has 2 saturated heterocycles. The number of carbonyl (C=O) groups is 2. The second-order valence-electron chi connectivity index (χ2n) is 17.9. The van der Waals surface area contributed by atoms with Gasteiger partial charge in [-0.05, 0) is 90.5 Å². The summed E-state index contributed by atoms with van der Waals surface area (Å²) in [5.41, 5.74) is 4.57. The molecule has 1 aromatic carbocycles. The lowest BCUT2D eigenvalue weighted by atomic mass is 10.0. The van der Waals surface area contributed by atoms with E-state index in [1.807, 2.05) is 64.9 Å². The molecule has 0 saturated carbocycles. The van der Waals surface area contributed by atoms with Gasteiger partial charge in [-0.15, -0.1) is 0 Å². The average molecular weight is 758 g/mol. The number of rotatable bonds is 10. The second kappa shape index (κ2) is 15.8. The van der Waals surface area contributed by atoms with Gasteiger partial charge in [0.2, 0.25) is 0 Å². The van der Waals surface area contributed by atoms with Crippen LogP contribution < -0.4 is 5.32 Å². The quantitative estimate of drug-likeness (QED) is 0.155. The van der Waals surface area contributed by atoms with Gasteiger partial charge in [-0.25, -0.2) is 14.6 Å². The van der Waals surface area contributed by atoms with Crippen molar-refractivity contribution in [3.8, 4) is 22.4 Å². The number of H-pyrrole nitrogens is 1. The molecule has 1 unspecified atom stereocenters. The van der Waals surface area contributed by atoms with Crippen LogP contribution in [0.3, 0.4) is 0 Å². The van der Waals surface area contributed by atoms with E-state index in [4.69, 9.17) is 19.2 Å². The molecule has 3 aliphatic rings. The van der Waals surface area contributed by atoms with E-state index in [1.165, 1.54) is 0 Å². The van der Waals surface area contributed by atoms with E-state index in [0.29, 0.717) is 26.4 Å². The van der Waals surface area contributed by atoms with Crippen molar-refractivity contribution in [3.63, 3.8) is 0 Å². The molecule has 2 fully saturated rings. The summed E-state index contributed by atoms with van der Waals surface area (Å²) in [5.74, 6) is 0.775. The average Bonchev–Trinajstić information content (AvgIpc) is 3.91. The fourth-order valence-corrected chi connectivity index (χ4v) is 7.88. The first kappa shape index (κ1) is 39.3. The number of aromatic nitrogens is 3. The maximum Gasteiger partial charge on any atom is 0.410 e. The van der Waals surface area contributed by atoms with Crippen LogP contribution in [0.5, 0.6) is 0 Å². The van der Waals surface area contributed by atoms with Gasteiger partial charge in [0, 0.05) is 45.7 Å². The van der Waals surface area contributed by atoms with Gasteiger partial charge in [0.25, 0.3) is 0 Å². The van der Waals surface area contributed by atoms with Gasteiger partial charge in [-0.3, -0.25) is 9.88 Å². The largest absolute Gasteiger partial charge is 0.444 e. The van der Waals surface area contributed by atoms with Gasteiger partial charge in [-0.2, -0.15) is 0 Å². The summed E-state index contributed by atoms with van der Waals surface area (Å²) in [4.78, 5) is 44.9.